The highest BCUT2D eigenvalue weighted by atomic mass is 79.9. The highest BCUT2D eigenvalue weighted by molar-refractivity contribution is 9.09. The summed E-state index contributed by atoms with van der Waals surface area (Å²) in [6, 6.07) is 0. The van der Waals surface area contributed by atoms with Crippen LogP contribution in [0.1, 0.15) is 32.1 Å². The van der Waals surface area contributed by atoms with Gasteiger partial charge in [-0.15, -0.1) is 0 Å². The van der Waals surface area contributed by atoms with Crippen LogP contribution in [0.3, 0.4) is 0 Å². The van der Waals surface area contributed by atoms with Gasteiger partial charge < -0.3 is 10.0 Å². The van der Waals surface area contributed by atoms with E-state index < -0.39 is 0 Å². The molecule has 0 aromatic rings. The first-order valence-electron chi connectivity index (χ1n) is 5.23. The summed E-state index contributed by atoms with van der Waals surface area (Å²) in [7, 11) is 0. The van der Waals surface area contributed by atoms with E-state index in [0.29, 0.717) is 6.42 Å². The van der Waals surface area contributed by atoms with Crippen molar-refractivity contribution in [3.8, 4) is 0 Å². The first kappa shape index (κ1) is 10.4. The molecule has 4 heteroatoms. The average molecular weight is 262 g/mol. The molecule has 3 nitrogen and oxygen atoms in total. The molecule has 1 heterocycles. The third kappa shape index (κ3) is 1.58. The first-order chi connectivity index (χ1) is 6.68. The molecular weight excluding hydrogens is 246 g/mol. The maximum Gasteiger partial charge on any atom is 0.224 e. The molecule has 0 bridgehead atoms. The second kappa shape index (κ2) is 3.81. The molecule has 1 amide bonds. The summed E-state index contributed by atoms with van der Waals surface area (Å²) in [4.78, 5) is 13.9. The quantitative estimate of drug-likeness (QED) is 0.762. The van der Waals surface area contributed by atoms with Gasteiger partial charge in [-0.3, -0.25) is 4.79 Å². The van der Waals surface area contributed by atoms with Gasteiger partial charge in [-0.25, -0.2) is 0 Å². The molecule has 0 aromatic carbocycles. The molecule has 0 spiro atoms. The number of hydrogen-bond acceptors (Lipinski definition) is 2. The van der Waals surface area contributed by atoms with E-state index in [9.17, 15) is 9.90 Å². The highest BCUT2D eigenvalue weighted by Gasteiger charge is 2.45. The average Bonchev–Trinajstić information content (AvgIpc) is 2.73. The van der Waals surface area contributed by atoms with E-state index in [1.807, 2.05) is 4.90 Å². The summed E-state index contributed by atoms with van der Waals surface area (Å²) in [5, 5.41) is 9.47. The van der Waals surface area contributed by atoms with Crippen molar-refractivity contribution in [2.75, 3.05) is 13.2 Å². The monoisotopic (exact) mass is 261 g/mol. The zero-order chi connectivity index (χ0) is 10.2. The minimum atomic E-state index is -0.223. The van der Waals surface area contributed by atoms with E-state index in [-0.39, 0.29) is 22.9 Å². The number of hydrogen-bond donors (Lipinski definition) is 1. The molecule has 2 rings (SSSR count). The number of carbonyl (C=O) groups is 1. The SMILES string of the molecule is O=C1CC(Br)CN1C1(CO)CCCC1. The number of likely N-dealkylation sites (tertiary alicyclic amines) is 1. The molecule has 80 valence electrons. The van der Waals surface area contributed by atoms with E-state index in [0.717, 1.165) is 32.2 Å². The number of amides is 1. The summed E-state index contributed by atoms with van der Waals surface area (Å²) >= 11 is 3.48. The van der Waals surface area contributed by atoms with Crippen LogP contribution >= 0.6 is 15.9 Å². The zero-order valence-corrected chi connectivity index (χ0v) is 9.79. The van der Waals surface area contributed by atoms with Crippen LogP contribution in [0, 0.1) is 0 Å². The van der Waals surface area contributed by atoms with Crippen LogP contribution in [0.2, 0.25) is 0 Å². The topological polar surface area (TPSA) is 40.5 Å². The van der Waals surface area contributed by atoms with Gasteiger partial charge in [0.05, 0.1) is 12.1 Å². The summed E-state index contributed by atoms with van der Waals surface area (Å²) in [5.74, 6) is 0.197. The molecule has 1 unspecified atom stereocenters. The van der Waals surface area contributed by atoms with Crippen molar-refractivity contribution in [1.82, 2.24) is 4.90 Å². The summed E-state index contributed by atoms with van der Waals surface area (Å²) < 4.78 is 0. The van der Waals surface area contributed by atoms with Crippen LogP contribution in [-0.4, -0.2) is 39.4 Å². The van der Waals surface area contributed by atoms with Crippen LogP contribution in [0.4, 0.5) is 0 Å². The molecule has 1 saturated heterocycles. The number of aliphatic hydroxyl groups excluding tert-OH is 1. The van der Waals surface area contributed by atoms with Crippen molar-refractivity contribution in [3.05, 3.63) is 0 Å². The van der Waals surface area contributed by atoms with E-state index in [2.05, 4.69) is 15.9 Å². The third-order valence-corrected chi connectivity index (χ3v) is 4.09. The Balaban J connectivity index is 2.15. The standard InChI is InChI=1S/C10H16BrNO2/c11-8-5-9(14)12(6-8)10(7-13)3-1-2-4-10/h8,13H,1-7H2. The Kier molecular flexibility index (Phi) is 2.84. The minimum Gasteiger partial charge on any atom is -0.394 e. The maximum atomic E-state index is 11.7. The summed E-state index contributed by atoms with van der Waals surface area (Å²) in [6.07, 6.45) is 4.79. The van der Waals surface area contributed by atoms with Gasteiger partial charge >= 0.3 is 0 Å². The Bertz CT molecular complexity index is 238. The lowest BCUT2D eigenvalue weighted by atomic mass is 9.97. The van der Waals surface area contributed by atoms with Gasteiger partial charge in [0, 0.05) is 17.8 Å². The van der Waals surface area contributed by atoms with Gasteiger partial charge in [0.15, 0.2) is 0 Å². The molecule has 0 radical (unpaired) electrons. The second-order valence-electron chi connectivity index (χ2n) is 4.40. The maximum absolute atomic E-state index is 11.7. The predicted octanol–water partition coefficient (Wildman–Crippen LogP) is 1.29. The van der Waals surface area contributed by atoms with E-state index in [1.165, 1.54) is 0 Å². The zero-order valence-electron chi connectivity index (χ0n) is 8.21. The third-order valence-electron chi connectivity index (χ3n) is 3.48. The molecule has 1 aliphatic heterocycles. The van der Waals surface area contributed by atoms with Crippen molar-refractivity contribution < 1.29 is 9.90 Å². The number of rotatable bonds is 2. The Morgan fingerprint density at radius 1 is 1.50 bits per heavy atom. The number of aliphatic hydroxyl groups is 1. The van der Waals surface area contributed by atoms with Crippen LogP contribution in [-0.2, 0) is 4.79 Å². The lowest BCUT2D eigenvalue weighted by molar-refractivity contribution is -0.134. The molecule has 1 N–H and O–H groups in total. The second-order valence-corrected chi connectivity index (χ2v) is 5.69. The van der Waals surface area contributed by atoms with Crippen LogP contribution in [0.15, 0.2) is 0 Å². The Morgan fingerprint density at radius 2 is 2.14 bits per heavy atom. The number of carbonyl (C=O) groups excluding carboxylic acids is 1. The van der Waals surface area contributed by atoms with Crippen LogP contribution in [0.25, 0.3) is 0 Å². The van der Waals surface area contributed by atoms with E-state index in [4.69, 9.17) is 0 Å². The molecule has 2 aliphatic rings. The molecular formula is C10H16BrNO2. The van der Waals surface area contributed by atoms with Crippen LogP contribution in [0.5, 0.6) is 0 Å². The van der Waals surface area contributed by atoms with Gasteiger partial charge in [0.25, 0.3) is 0 Å². The summed E-state index contributed by atoms with van der Waals surface area (Å²) in [5.41, 5.74) is -0.223. The molecule has 0 aromatic heterocycles. The Labute approximate surface area is 92.6 Å². The normalized spacial score (nSPS) is 31.4. The smallest absolute Gasteiger partial charge is 0.224 e. The fourth-order valence-electron chi connectivity index (χ4n) is 2.67. The molecule has 1 atom stereocenters. The van der Waals surface area contributed by atoms with Gasteiger partial charge in [0.2, 0.25) is 5.91 Å². The molecule has 1 aliphatic carbocycles. The van der Waals surface area contributed by atoms with Gasteiger partial charge in [-0.2, -0.15) is 0 Å². The van der Waals surface area contributed by atoms with Gasteiger partial charge in [-0.05, 0) is 12.8 Å². The lowest BCUT2D eigenvalue weighted by Gasteiger charge is -2.37. The molecule has 14 heavy (non-hydrogen) atoms. The molecule has 1 saturated carbocycles. The number of alkyl halides is 1. The largest absolute Gasteiger partial charge is 0.394 e. The number of nitrogens with zero attached hydrogens (tertiary/aromatic N) is 1. The van der Waals surface area contributed by atoms with Gasteiger partial charge in [-0.1, -0.05) is 28.8 Å². The van der Waals surface area contributed by atoms with Crippen LogP contribution < -0.4 is 0 Å². The van der Waals surface area contributed by atoms with Crippen molar-refractivity contribution in [3.63, 3.8) is 0 Å². The lowest BCUT2D eigenvalue weighted by Crippen LogP contribution is -2.50. The Hall–Kier alpha value is -0.0900. The summed E-state index contributed by atoms with van der Waals surface area (Å²) in [6.45, 7) is 0.887. The van der Waals surface area contributed by atoms with Crippen molar-refractivity contribution >= 4 is 21.8 Å². The minimum absolute atomic E-state index is 0.123. The number of halogens is 1. The van der Waals surface area contributed by atoms with Gasteiger partial charge in [0.1, 0.15) is 0 Å². The van der Waals surface area contributed by atoms with Crippen molar-refractivity contribution in [1.29, 1.82) is 0 Å². The van der Waals surface area contributed by atoms with E-state index in [1.54, 1.807) is 0 Å². The first-order valence-corrected chi connectivity index (χ1v) is 6.15. The van der Waals surface area contributed by atoms with Crippen molar-refractivity contribution in [2.24, 2.45) is 0 Å². The highest BCUT2D eigenvalue weighted by Crippen LogP contribution is 2.38. The predicted molar refractivity (Wildman–Crippen MR) is 57.3 cm³/mol. The Morgan fingerprint density at radius 3 is 2.57 bits per heavy atom. The fourth-order valence-corrected chi connectivity index (χ4v) is 3.24. The van der Waals surface area contributed by atoms with E-state index >= 15 is 0 Å². The van der Waals surface area contributed by atoms with Crippen molar-refractivity contribution in [2.45, 2.75) is 42.5 Å². The fraction of sp³-hybridized carbons (Fsp3) is 0.900. The molecule has 2 fully saturated rings.